The third kappa shape index (κ3) is 4.20. The lowest BCUT2D eigenvalue weighted by atomic mass is 10.1. The number of hydrogen-bond donors (Lipinski definition) is 1. The van der Waals surface area contributed by atoms with Crippen molar-refractivity contribution in [1.82, 2.24) is 0 Å². The van der Waals surface area contributed by atoms with Crippen molar-refractivity contribution >= 4 is 23.8 Å². The van der Waals surface area contributed by atoms with E-state index in [2.05, 4.69) is 6.07 Å². The Morgan fingerprint density at radius 3 is 2.57 bits per heavy atom. The molecule has 21 heavy (non-hydrogen) atoms. The van der Waals surface area contributed by atoms with Crippen molar-refractivity contribution in [3.05, 3.63) is 65.5 Å². The van der Waals surface area contributed by atoms with Gasteiger partial charge in [-0.3, -0.25) is 0 Å². The van der Waals surface area contributed by atoms with Gasteiger partial charge < -0.3 is 5.11 Å². The highest BCUT2D eigenvalue weighted by Gasteiger charge is 2.05. The highest BCUT2D eigenvalue weighted by atomic mass is 32.2. The number of carboxylic acid groups (broad SMARTS) is 1. The number of halogens is 1. The highest BCUT2D eigenvalue weighted by molar-refractivity contribution is 7.99. The first-order chi connectivity index (χ1) is 10.1. The minimum Gasteiger partial charge on any atom is -0.478 e. The van der Waals surface area contributed by atoms with Gasteiger partial charge >= 0.3 is 5.97 Å². The number of hydrogen-bond acceptors (Lipinski definition) is 3. The normalized spacial score (nSPS) is 10.5. The van der Waals surface area contributed by atoms with Crippen LogP contribution in [0.1, 0.15) is 11.1 Å². The molecule has 2 aromatic rings. The Balaban J connectivity index is 2.26. The van der Waals surface area contributed by atoms with Gasteiger partial charge in [-0.25, -0.2) is 9.18 Å². The van der Waals surface area contributed by atoms with E-state index in [9.17, 15) is 14.4 Å². The number of nitriles is 1. The van der Waals surface area contributed by atoms with E-state index < -0.39 is 5.97 Å². The second-order valence-corrected chi connectivity index (χ2v) is 5.21. The van der Waals surface area contributed by atoms with E-state index in [4.69, 9.17) is 5.11 Å². The van der Waals surface area contributed by atoms with Crippen molar-refractivity contribution in [2.45, 2.75) is 9.79 Å². The number of carbonyl (C=O) groups is 1. The molecule has 0 bridgehead atoms. The fraction of sp³-hybridized carbons (Fsp3) is 0. The summed E-state index contributed by atoms with van der Waals surface area (Å²) in [7, 11) is 0. The molecule has 5 heteroatoms. The maximum Gasteiger partial charge on any atom is 0.328 e. The van der Waals surface area contributed by atoms with E-state index in [1.165, 1.54) is 30.0 Å². The van der Waals surface area contributed by atoms with Crippen LogP contribution in [-0.4, -0.2) is 11.1 Å². The van der Waals surface area contributed by atoms with Crippen molar-refractivity contribution < 1.29 is 14.3 Å². The highest BCUT2D eigenvalue weighted by Crippen LogP contribution is 2.31. The molecule has 3 nitrogen and oxygen atoms in total. The number of benzene rings is 2. The monoisotopic (exact) mass is 299 g/mol. The Kier molecular flexibility index (Phi) is 4.75. The predicted molar refractivity (Wildman–Crippen MR) is 78.3 cm³/mol. The van der Waals surface area contributed by atoms with Gasteiger partial charge in [-0.1, -0.05) is 17.8 Å². The summed E-state index contributed by atoms with van der Waals surface area (Å²) >= 11 is 1.35. The minimum atomic E-state index is -1.04. The zero-order valence-corrected chi connectivity index (χ0v) is 11.6. The van der Waals surface area contributed by atoms with Crippen LogP contribution < -0.4 is 0 Å². The van der Waals surface area contributed by atoms with Gasteiger partial charge in [0.25, 0.3) is 0 Å². The lowest BCUT2D eigenvalue weighted by Gasteiger charge is -2.05. The number of rotatable bonds is 4. The van der Waals surface area contributed by atoms with Gasteiger partial charge in [-0.05, 0) is 48.0 Å². The summed E-state index contributed by atoms with van der Waals surface area (Å²) in [6.07, 6.45) is 2.44. The fourth-order valence-corrected chi connectivity index (χ4v) is 2.50. The van der Waals surface area contributed by atoms with Gasteiger partial charge in [-0.2, -0.15) is 5.26 Å². The van der Waals surface area contributed by atoms with E-state index in [0.717, 1.165) is 15.9 Å². The molecule has 0 saturated heterocycles. The van der Waals surface area contributed by atoms with Gasteiger partial charge in [-0.15, -0.1) is 0 Å². The van der Waals surface area contributed by atoms with Gasteiger partial charge in [0.05, 0.1) is 5.56 Å². The zero-order valence-electron chi connectivity index (χ0n) is 10.8. The predicted octanol–water partition coefficient (Wildman–Crippen LogP) is 3.95. The third-order valence-electron chi connectivity index (χ3n) is 2.58. The lowest BCUT2D eigenvalue weighted by Crippen LogP contribution is -1.87. The molecule has 0 aliphatic heterocycles. The average Bonchev–Trinajstić information content (AvgIpc) is 2.48. The van der Waals surface area contributed by atoms with Crippen molar-refractivity contribution in [3.63, 3.8) is 0 Å². The summed E-state index contributed by atoms with van der Waals surface area (Å²) in [6.45, 7) is 0. The quantitative estimate of drug-likeness (QED) is 0.868. The van der Waals surface area contributed by atoms with Crippen LogP contribution in [0.15, 0.2) is 58.3 Å². The van der Waals surface area contributed by atoms with Gasteiger partial charge in [0.2, 0.25) is 0 Å². The lowest BCUT2D eigenvalue weighted by molar-refractivity contribution is -0.131. The molecule has 0 atom stereocenters. The molecule has 2 rings (SSSR count). The molecular formula is C16H10FNO2S. The summed E-state index contributed by atoms with van der Waals surface area (Å²) in [5.41, 5.74) is 1.08. The molecule has 0 radical (unpaired) electrons. The molecule has 2 aromatic carbocycles. The van der Waals surface area contributed by atoms with Gasteiger partial charge in [0, 0.05) is 15.9 Å². The number of aliphatic carboxylic acids is 1. The number of carboxylic acids is 1. The average molecular weight is 299 g/mol. The fourth-order valence-electron chi connectivity index (χ4n) is 1.62. The molecule has 0 aliphatic rings. The summed E-state index contributed by atoms with van der Waals surface area (Å²) in [4.78, 5) is 12.0. The van der Waals surface area contributed by atoms with Crippen LogP contribution in [0.2, 0.25) is 0 Å². The minimum absolute atomic E-state index is 0.311. The molecule has 1 N–H and O–H groups in total. The topological polar surface area (TPSA) is 61.1 Å². The number of nitrogens with zero attached hydrogens (tertiary/aromatic N) is 1. The van der Waals surface area contributed by atoms with Crippen molar-refractivity contribution in [2.75, 3.05) is 0 Å². The second-order valence-electron chi connectivity index (χ2n) is 4.09. The first kappa shape index (κ1) is 14.8. The first-order valence-corrected chi connectivity index (χ1v) is 6.79. The smallest absolute Gasteiger partial charge is 0.328 e. The Hall–Kier alpha value is -2.58. The van der Waals surface area contributed by atoms with Crippen molar-refractivity contribution in [1.29, 1.82) is 5.26 Å². The summed E-state index contributed by atoms with van der Waals surface area (Å²) in [6, 6.07) is 13.2. The van der Waals surface area contributed by atoms with Crippen molar-refractivity contribution in [3.8, 4) is 6.07 Å². The van der Waals surface area contributed by atoms with Crippen LogP contribution in [0.25, 0.3) is 6.08 Å². The molecular weight excluding hydrogens is 289 g/mol. The molecule has 0 heterocycles. The van der Waals surface area contributed by atoms with Crippen LogP contribution >= 0.6 is 11.8 Å². The van der Waals surface area contributed by atoms with Crippen LogP contribution in [0.3, 0.4) is 0 Å². The molecule has 0 unspecified atom stereocenters. The Morgan fingerprint density at radius 2 is 1.95 bits per heavy atom. The SMILES string of the molecule is N#Cc1cc(C=CC(=O)O)ccc1Sc1ccc(F)cc1. The Labute approximate surface area is 125 Å². The Bertz CT molecular complexity index is 733. The second kappa shape index (κ2) is 6.73. The maximum atomic E-state index is 12.9. The third-order valence-corrected chi connectivity index (χ3v) is 3.67. The van der Waals surface area contributed by atoms with Crippen LogP contribution in [0.5, 0.6) is 0 Å². The summed E-state index contributed by atoms with van der Waals surface area (Å²) in [5, 5.41) is 17.8. The van der Waals surface area contributed by atoms with Gasteiger partial charge in [0.1, 0.15) is 11.9 Å². The van der Waals surface area contributed by atoms with E-state index in [1.54, 1.807) is 30.3 Å². The molecule has 104 valence electrons. The molecule has 0 saturated carbocycles. The molecule has 0 spiro atoms. The van der Waals surface area contributed by atoms with Crippen LogP contribution in [-0.2, 0) is 4.79 Å². The maximum absolute atomic E-state index is 12.9. The summed E-state index contributed by atoms with van der Waals surface area (Å²) in [5.74, 6) is -1.35. The molecule has 0 aromatic heterocycles. The van der Waals surface area contributed by atoms with E-state index >= 15 is 0 Å². The largest absolute Gasteiger partial charge is 0.478 e. The first-order valence-electron chi connectivity index (χ1n) is 5.97. The molecule has 0 fully saturated rings. The van der Waals surface area contributed by atoms with Crippen LogP contribution in [0.4, 0.5) is 4.39 Å². The molecule has 0 amide bonds. The summed E-state index contributed by atoms with van der Waals surface area (Å²) < 4.78 is 12.9. The van der Waals surface area contributed by atoms with E-state index in [0.29, 0.717) is 11.1 Å². The molecule has 0 aliphatic carbocycles. The van der Waals surface area contributed by atoms with Gasteiger partial charge in [0.15, 0.2) is 0 Å². The Morgan fingerprint density at radius 1 is 1.24 bits per heavy atom. The van der Waals surface area contributed by atoms with Crippen molar-refractivity contribution in [2.24, 2.45) is 0 Å². The van der Waals surface area contributed by atoms with E-state index in [-0.39, 0.29) is 5.82 Å². The van der Waals surface area contributed by atoms with Crippen LogP contribution in [0, 0.1) is 17.1 Å². The standard InChI is InChI=1S/C16H10FNO2S/c17-13-3-5-14(6-4-13)21-15-7-1-11(2-8-16(19)20)9-12(15)10-18/h1-9H,(H,19,20). The van der Waals surface area contributed by atoms with E-state index in [1.807, 2.05) is 0 Å². The zero-order chi connectivity index (χ0) is 15.2.